The first-order valence-corrected chi connectivity index (χ1v) is 9.34. The maximum absolute atomic E-state index is 10.5. The Morgan fingerprint density at radius 3 is 2.68 bits per heavy atom. The van der Waals surface area contributed by atoms with E-state index >= 15 is 0 Å². The highest BCUT2D eigenvalue weighted by Crippen LogP contribution is 2.22. The summed E-state index contributed by atoms with van der Waals surface area (Å²) in [7, 11) is 2.17. The van der Waals surface area contributed by atoms with Crippen LogP contribution in [-0.2, 0) is 6.54 Å². The van der Waals surface area contributed by atoms with Gasteiger partial charge in [0.05, 0.1) is 6.10 Å². The van der Waals surface area contributed by atoms with Crippen LogP contribution in [0.2, 0.25) is 0 Å². The lowest BCUT2D eigenvalue weighted by Gasteiger charge is -2.37. The summed E-state index contributed by atoms with van der Waals surface area (Å²) in [5.74, 6) is 0. The molecule has 1 aromatic rings. The van der Waals surface area contributed by atoms with Gasteiger partial charge >= 0.3 is 0 Å². The van der Waals surface area contributed by atoms with Crippen molar-refractivity contribution in [3.05, 3.63) is 29.8 Å². The summed E-state index contributed by atoms with van der Waals surface area (Å²) in [6.07, 6.45) is 1.90. The molecule has 0 spiro atoms. The van der Waals surface area contributed by atoms with E-state index in [-0.39, 0.29) is 6.10 Å². The van der Waals surface area contributed by atoms with Crippen molar-refractivity contribution < 1.29 is 5.11 Å². The van der Waals surface area contributed by atoms with E-state index in [1.165, 1.54) is 10.5 Å². The molecule has 0 aliphatic carbocycles. The van der Waals surface area contributed by atoms with Crippen LogP contribution in [0.4, 0.5) is 0 Å². The molecule has 2 aliphatic heterocycles. The number of rotatable bonds is 4. The first-order chi connectivity index (χ1) is 10.7. The molecular formula is C17H27N3OS. The lowest BCUT2D eigenvalue weighted by molar-refractivity contribution is 0.0512. The van der Waals surface area contributed by atoms with Crippen LogP contribution in [0.15, 0.2) is 29.2 Å². The van der Waals surface area contributed by atoms with Gasteiger partial charge in [0.25, 0.3) is 0 Å². The van der Waals surface area contributed by atoms with Crippen molar-refractivity contribution in [2.75, 3.05) is 52.6 Å². The van der Waals surface area contributed by atoms with E-state index in [1.54, 1.807) is 11.8 Å². The van der Waals surface area contributed by atoms with E-state index in [4.69, 9.17) is 0 Å². The maximum atomic E-state index is 10.5. The second-order valence-corrected chi connectivity index (χ2v) is 7.40. The number of hydrogen-bond donors (Lipinski definition) is 1. The minimum Gasteiger partial charge on any atom is -0.390 e. The fourth-order valence-corrected chi connectivity index (χ4v) is 4.00. The fourth-order valence-electron chi connectivity index (χ4n) is 3.52. The topological polar surface area (TPSA) is 30.0 Å². The Kier molecular flexibility index (Phi) is 5.42. The third-order valence-electron chi connectivity index (χ3n) is 4.88. The number of hydrogen-bond acceptors (Lipinski definition) is 5. The quantitative estimate of drug-likeness (QED) is 0.842. The van der Waals surface area contributed by atoms with E-state index in [0.29, 0.717) is 6.04 Å². The second kappa shape index (κ2) is 7.32. The molecule has 1 aromatic carbocycles. The third-order valence-corrected chi connectivity index (χ3v) is 5.61. The van der Waals surface area contributed by atoms with Gasteiger partial charge in [0, 0.05) is 56.8 Å². The van der Waals surface area contributed by atoms with Gasteiger partial charge in [0.15, 0.2) is 0 Å². The molecule has 2 atom stereocenters. The van der Waals surface area contributed by atoms with E-state index in [1.807, 2.05) is 0 Å². The minimum absolute atomic E-state index is 0.216. The highest BCUT2D eigenvalue weighted by Gasteiger charge is 2.36. The van der Waals surface area contributed by atoms with Crippen LogP contribution in [0.25, 0.3) is 0 Å². The zero-order valence-electron chi connectivity index (χ0n) is 13.6. The first-order valence-electron chi connectivity index (χ1n) is 8.11. The third kappa shape index (κ3) is 3.84. The van der Waals surface area contributed by atoms with Gasteiger partial charge in [-0.05, 0) is 31.0 Å². The SMILES string of the molecule is CSc1cccc(CN2C[C@H](O)[C@@H](N3CCN(C)CC3)C2)c1. The van der Waals surface area contributed by atoms with Crippen LogP contribution in [0.5, 0.6) is 0 Å². The van der Waals surface area contributed by atoms with Crippen LogP contribution in [0.3, 0.4) is 0 Å². The lowest BCUT2D eigenvalue weighted by Crippen LogP contribution is -2.52. The van der Waals surface area contributed by atoms with Crippen molar-refractivity contribution in [1.82, 2.24) is 14.7 Å². The molecule has 0 unspecified atom stereocenters. The highest BCUT2D eigenvalue weighted by atomic mass is 32.2. The molecule has 2 saturated heterocycles. The van der Waals surface area contributed by atoms with E-state index in [0.717, 1.165) is 45.8 Å². The van der Waals surface area contributed by atoms with Gasteiger partial charge in [0.2, 0.25) is 0 Å². The summed E-state index contributed by atoms with van der Waals surface area (Å²) < 4.78 is 0. The van der Waals surface area contributed by atoms with Gasteiger partial charge in [-0.25, -0.2) is 0 Å². The molecule has 0 amide bonds. The number of likely N-dealkylation sites (N-methyl/N-ethyl adjacent to an activating group) is 1. The molecule has 5 heteroatoms. The second-order valence-electron chi connectivity index (χ2n) is 6.52. The number of nitrogens with zero attached hydrogens (tertiary/aromatic N) is 3. The summed E-state index contributed by atoms with van der Waals surface area (Å²) in [5, 5.41) is 10.5. The zero-order chi connectivity index (χ0) is 15.5. The molecular weight excluding hydrogens is 294 g/mol. The van der Waals surface area contributed by atoms with E-state index < -0.39 is 0 Å². The Morgan fingerprint density at radius 2 is 1.95 bits per heavy atom. The van der Waals surface area contributed by atoms with Crippen LogP contribution >= 0.6 is 11.8 Å². The molecule has 1 N–H and O–H groups in total. The first kappa shape index (κ1) is 16.3. The van der Waals surface area contributed by atoms with Crippen molar-refractivity contribution in [2.24, 2.45) is 0 Å². The number of aliphatic hydroxyl groups is 1. The monoisotopic (exact) mass is 321 g/mol. The smallest absolute Gasteiger partial charge is 0.0834 e. The molecule has 2 fully saturated rings. The molecule has 22 heavy (non-hydrogen) atoms. The Hall–Kier alpha value is -0.590. The predicted octanol–water partition coefficient (Wildman–Crippen LogP) is 1.20. The number of aliphatic hydroxyl groups excluding tert-OH is 1. The Balaban J connectivity index is 1.58. The summed E-state index contributed by atoms with van der Waals surface area (Å²) in [5.41, 5.74) is 1.35. The van der Waals surface area contributed by atoms with Crippen LogP contribution < -0.4 is 0 Å². The normalized spacial score (nSPS) is 28.3. The van der Waals surface area contributed by atoms with Gasteiger partial charge in [0.1, 0.15) is 0 Å². The summed E-state index contributed by atoms with van der Waals surface area (Å²) in [6.45, 7) is 7.09. The maximum Gasteiger partial charge on any atom is 0.0834 e. The molecule has 0 bridgehead atoms. The fraction of sp³-hybridized carbons (Fsp3) is 0.647. The molecule has 0 radical (unpaired) electrons. The number of thioether (sulfide) groups is 1. The average molecular weight is 321 g/mol. The van der Waals surface area contributed by atoms with Crippen molar-refractivity contribution in [3.8, 4) is 0 Å². The van der Waals surface area contributed by atoms with Crippen LogP contribution in [0.1, 0.15) is 5.56 Å². The molecule has 0 aromatic heterocycles. The Labute approximate surface area is 138 Å². The number of piperazine rings is 1. The predicted molar refractivity (Wildman–Crippen MR) is 92.4 cm³/mol. The molecule has 2 aliphatic rings. The van der Waals surface area contributed by atoms with Gasteiger partial charge in [-0.15, -0.1) is 11.8 Å². The summed E-state index contributed by atoms with van der Waals surface area (Å²) >= 11 is 1.78. The molecule has 3 rings (SSSR count). The minimum atomic E-state index is -0.216. The van der Waals surface area contributed by atoms with Gasteiger partial charge in [-0.3, -0.25) is 9.80 Å². The van der Waals surface area contributed by atoms with Crippen molar-refractivity contribution in [1.29, 1.82) is 0 Å². The molecule has 122 valence electrons. The van der Waals surface area contributed by atoms with E-state index in [9.17, 15) is 5.11 Å². The number of β-amino-alcohol motifs (C(OH)–C–C–N with tert-alkyl or cyclic N) is 1. The van der Waals surface area contributed by atoms with Gasteiger partial charge in [-0.2, -0.15) is 0 Å². The zero-order valence-corrected chi connectivity index (χ0v) is 14.4. The van der Waals surface area contributed by atoms with Crippen molar-refractivity contribution in [3.63, 3.8) is 0 Å². The lowest BCUT2D eigenvalue weighted by atomic mass is 10.1. The standard InChI is InChI=1S/C17H27N3OS/c1-18-6-8-20(9-7-18)16-12-19(13-17(16)21)11-14-4-3-5-15(10-14)22-2/h3-5,10,16-17,21H,6-9,11-13H2,1-2H3/t16-,17-/m0/s1. The van der Waals surface area contributed by atoms with Crippen LogP contribution in [-0.4, -0.2) is 84.5 Å². The Morgan fingerprint density at radius 1 is 1.18 bits per heavy atom. The van der Waals surface area contributed by atoms with Crippen molar-refractivity contribution >= 4 is 11.8 Å². The van der Waals surface area contributed by atoms with Gasteiger partial charge in [-0.1, -0.05) is 12.1 Å². The Bertz CT molecular complexity index is 491. The molecule has 2 heterocycles. The number of likely N-dealkylation sites (tertiary alicyclic amines) is 1. The summed E-state index contributed by atoms with van der Waals surface area (Å²) in [6, 6.07) is 9.04. The van der Waals surface area contributed by atoms with Crippen LogP contribution in [0, 0.1) is 0 Å². The molecule has 0 saturated carbocycles. The largest absolute Gasteiger partial charge is 0.390 e. The highest BCUT2D eigenvalue weighted by molar-refractivity contribution is 7.98. The van der Waals surface area contributed by atoms with E-state index in [2.05, 4.69) is 52.3 Å². The molecule has 4 nitrogen and oxygen atoms in total. The average Bonchev–Trinajstić information content (AvgIpc) is 2.89. The van der Waals surface area contributed by atoms with Crippen molar-refractivity contribution in [2.45, 2.75) is 23.6 Å². The number of benzene rings is 1. The van der Waals surface area contributed by atoms with Gasteiger partial charge < -0.3 is 10.0 Å². The summed E-state index contributed by atoms with van der Waals surface area (Å²) in [4.78, 5) is 8.55.